The molecule has 0 unspecified atom stereocenters. The van der Waals surface area contributed by atoms with Crippen molar-refractivity contribution in [1.82, 2.24) is 9.88 Å². The molecule has 1 aromatic carbocycles. The maximum Gasteiger partial charge on any atom is 0.263 e. The van der Waals surface area contributed by atoms with Crippen molar-refractivity contribution < 1.29 is 4.79 Å². The Morgan fingerprint density at radius 2 is 1.86 bits per heavy atom. The van der Waals surface area contributed by atoms with Crippen LogP contribution >= 0.6 is 24.8 Å². The number of carbonyl (C=O) groups is 1. The monoisotopic (exact) mass is 426 g/mol. The normalized spacial score (nSPS) is 13.8. The van der Waals surface area contributed by atoms with Crippen molar-refractivity contribution in [2.24, 2.45) is 0 Å². The van der Waals surface area contributed by atoms with E-state index in [-0.39, 0.29) is 47.9 Å². The van der Waals surface area contributed by atoms with E-state index in [1.54, 1.807) is 11.5 Å². The molecule has 2 heterocycles. The molecule has 0 aliphatic carbocycles. The van der Waals surface area contributed by atoms with Crippen LogP contribution in [0.3, 0.4) is 0 Å². The Hall–Kier alpha value is -2.02. The third kappa shape index (κ3) is 5.28. The van der Waals surface area contributed by atoms with Gasteiger partial charge in [-0.05, 0) is 62.7 Å². The van der Waals surface area contributed by atoms with Gasteiger partial charge in [-0.25, -0.2) is 0 Å². The van der Waals surface area contributed by atoms with Gasteiger partial charge in [-0.1, -0.05) is 6.07 Å². The van der Waals surface area contributed by atoms with Gasteiger partial charge in [-0.3, -0.25) is 9.59 Å². The molecule has 1 fully saturated rings. The average molecular weight is 427 g/mol. The molecule has 0 spiro atoms. The summed E-state index contributed by atoms with van der Waals surface area (Å²) in [5, 5.41) is 6.18. The summed E-state index contributed by atoms with van der Waals surface area (Å²) >= 11 is 0. The summed E-state index contributed by atoms with van der Waals surface area (Å²) in [4.78, 5) is 27.8. The first kappa shape index (κ1) is 24.0. The molecular weight excluding hydrogens is 399 g/mol. The molecule has 0 saturated carbocycles. The summed E-state index contributed by atoms with van der Waals surface area (Å²) in [6, 6.07) is 9.57. The predicted molar refractivity (Wildman–Crippen MR) is 120 cm³/mol. The fourth-order valence-electron chi connectivity index (χ4n) is 3.34. The molecule has 1 aliphatic rings. The standard InChI is InChI=1S/C20H26N4O2.2ClH/c1-14-9-12-24(16-7-10-21-11-8-16)20(26)18(14)19(25)22-15-5-4-6-17(13-15)23(2)3;;/h4-6,9,12-13,16,21H,7-8,10-11H2,1-3H3,(H,22,25);2*1H. The molecule has 154 valence electrons. The summed E-state index contributed by atoms with van der Waals surface area (Å²) in [6.07, 6.45) is 3.61. The molecule has 1 saturated heterocycles. The highest BCUT2D eigenvalue weighted by molar-refractivity contribution is 6.05. The minimum atomic E-state index is -0.355. The largest absolute Gasteiger partial charge is 0.378 e. The molecule has 3 rings (SSSR count). The molecule has 0 radical (unpaired) electrons. The van der Waals surface area contributed by atoms with Gasteiger partial charge in [0.15, 0.2) is 0 Å². The van der Waals surface area contributed by atoms with Crippen molar-refractivity contribution in [2.45, 2.75) is 25.8 Å². The van der Waals surface area contributed by atoms with E-state index in [1.165, 1.54) is 0 Å². The van der Waals surface area contributed by atoms with Crippen LogP contribution in [0.1, 0.15) is 34.8 Å². The third-order valence-electron chi connectivity index (χ3n) is 4.88. The summed E-state index contributed by atoms with van der Waals surface area (Å²) in [6.45, 7) is 3.59. The number of carbonyl (C=O) groups excluding carboxylic acids is 1. The van der Waals surface area contributed by atoms with Crippen molar-refractivity contribution in [3.05, 3.63) is 58.0 Å². The number of nitrogens with one attached hydrogen (secondary N) is 2. The van der Waals surface area contributed by atoms with E-state index in [1.807, 2.05) is 55.5 Å². The second-order valence-electron chi connectivity index (χ2n) is 6.97. The SMILES string of the molecule is Cc1ccn(C2CCNCC2)c(=O)c1C(=O)Nc1cccc(N(C)C)c1.Cl.Cl. The van der Waals surface area contributed by atoms with E-state index in [0.717, 1.165) is 31.6 Å². The zero-order chi connectivity index (χ0) is 18.7. The first-order chi connectivity index (χ1) is 12.5. The number of piperidine rings is 1. The van der Waals surface area contributed by atoms with Gasteiger partial charge in [0.25, 0.3) is 11.5 Å². The van der Waals surface area contributed by atoms with Crippen LogP contribution in [0.25, 0.3) is 0 Å². The van der Waals surface area contributed by atoms with E-state index < -0.39 is 0 Å². The quantitative estimate of drug-likeness (QED) is 0.787. The number of hydrogen-bond acceptors (Lipinski definition) is 4. The number of aryl methyl sites for hydroxylation is 1. The molecular formula is C20H28Cl2N4O2. The van der Waals surface area contributed by atoms with Crippen LogP contribution in [-0.4, -0.2) is 37.7 Å². The van der Waals surface area contributed by atoms with E-state index in [4.69, 9.17) is 0 Å². The minimum absolute atomic E-state index is 0. The lowest BCUT2D eigenvalue weighted by atomic mass is 10.0. The molecule has 2 N–H and O–H groups in total. The molecule has 6 nitrogen and oxygen atoms in total. The first-order valence-electron chi connectivity index (χ1n) is 8.98. The Bertz CT molecular complexity index is 862. The first-order valence-corrected chi connectivity index (χ1v) is 8.98. The topological polar surface area (TPSA) is 66.4 Å². The van der Waals surface area contributed by atoms with E-state index in [9.17, 15) is 9.59 Å². The lowest BCUT2D eigenvalue weighted by molar-refractivity contribution is 0.102. The Morgan fingerprint density at radius 1 is 1.18 bits per heavy atom. The molecule has 1 aromatic heterocycles. The van der Waals surface area contributed by atoms with Gasteiger partial charge in [0.2, 0.25) is 0 Å². The number of aromatic nitrogens is 1. The number of pyridine rings is 1. The number of rotatable bonds is 4. The van der Waals surface area contributed by atoms with Crippen LogP contribution in [0.5, 0.6) is 0 Å². The van der Waals surface area contributed by atoms with Crippen molar-refractivity contribution in [2.75, 3.05) is 37.4 Å². The summed E-state index contributed by atoms with van der Waals surface area (Å²) in [5.74, 6) is -0.355. The van der Waals surface area contributed by atoms with E-state index >= 15 is 0 Å². The summed E-state index contributed by atoms with van der Waals surface area (Å²) < 4.78 is 1.72. The highest BCUT2D eigenvalue weighted by Crippen LogP contribution is 2.20. The number of halogens is 2. The van der Waals surface area contributed by atoms with Crippen LogP contribution < -0.4 is 21.1 Å². The highest BCUT2D eigenvalue weighted by Gasteiger charge is 2.21. The van der Waals surface area contributed by atoms with Crippen molar-refractivity contribution in [3.63, 3.8) is 0 Å². The number of benzene rings is 1. The van der Waals surface area contributed by atoms with Gasteiger partial charge in [0.05, 0.1) is 0 Å². The van der Waals surface area contributed by atoms with Gasteiger partial charge < -0.3 is 20.1 Å². The minimum Gasteiger partial charge on any atom is -0.378 e. The molecule has 2 aromatic rings. The second-order valence-corrected chi connectivity index (χ2v) is 6.97. The lowest BCUT2D eigenvalue weighted by Gasteiger charge is -2.25. The molecule has 28 heavy (non-hydrogen) atoms. The van der Waals surface area contributed by atoms with Crippen molar-refractivity contribution in [3.8, 4) is 0 Å². The van der Waals surface area contributed by atoms with Crippen molar-refractivity contribution >= 4 is 42.1 Å². The van der Waals surface area contributed by atoms with Gasteiger partial charge in [-0.15, -0.1) is 24.8 Å². The van der Waals surface area contributed by atoms with Crippen LogP contribution in [-0.2, 0) is 0 Å². The summed E-state index contributed by atoms with van der Waals surface area (Å²) in [7, 11) is 3.89. The zero-order valence-corrected chi connectivity index (χ0v) is 18.0. The number of hydrogen-bond donors (Lipinski definition) is 2. The molecule has 1 aliphatic heterocycles. The molecule has 0 atom stereocenters. The molecule has 8 heteroatoms. The van der Waals surface area contributed by atoms with E-state index in [2.05, 4.69) is 10.6 Å². The lowest BCUT2D eigenvalue weighted by Crippen LogP contribution is -2.37. The number of amides is 1. The van der Waals surface area contributed by atoms with Crippen LogP contribution in [0, 0.1) is 6.92 Å². The Kier molecular flexibility index (Phi) is 9.01. The zero-order valence-electron chi connectivity index (χ0n) is 16.4. The van der Waals surface area contributed by atoms with Crippen molar-refractivity contribution in [1.29, 1.82) is 0 Å². The third-order valence-corrected chi connectivity index (χ3v) is 4.88. The fraction of sp³-hybridized carbons (Fsp3) is 0.400. The maximum atomic E-state index is 13.0. The average Bonchev–Trinajstić information content (AvgIpc) is 2.62. The number of nitrogens with zero attached hydrogens (tertiary/aromatic N) is 2. The Balaban J connectivity index is 0.00000196. The summed E-state index contributed by atoms with van der Waals surface area (Å²) in [5.41, 5.74) is 2.37. The second kappa shape index (κ2) is 10.5. The maximum absolute atomic E-state index is 13.0. The fourth-order valence-corrected chi connectivity index (χ4v) is 3.34. The molecule has 1 amide bonds. The number of anilines is 2. The van der Waals surface area contributed by atoms with Crippen LogP contribution in [0.2, 0.25) is 0 Å². The van der Waals surface area contributed by atoms with Crippen LogP contribution in [0.15, 0.2) is 41.3 Å². The van der Waals surface area contributed by atoms with E-state index in [0.29, 0.717) is 11.3 Å². The smallest absolute Gasteiger partial charge is 0.263 e. The Labute approximate surface area is 178 Å². The Morgan fingerprint density at radius 3 is 2.50 bits per heavy atom. The van der Waals surface area contributed by atoms with Gasteiger partial charge >= 0.3 is 0 Å². The van der Waals surface area contributed by atoms with Gasteiger partial charge in [0.1, 0.15) is 5.56 Å². The van der Waals surface area contributed by atoms with Gasteiger partial charge in [0, 0.05) is 37.7 Å². The van der Waals surface area contributed by atoms with Gasteiger partial charge in [-0.2, -0.15) is 0 Å². The molecule has 0 bridgehead atoms. The highest BCUT2D eigenvalue weighted by atomic mass is 35.5. The predicted octanol–water partition coefficient (Wildman–Crippen LogP) is 3.24. The van der Waals surface area contributed by atoms with Crippen LogP contribution in [0.4, 0.5) is 11.4 Å².